The van der Waals surface area contributed by atoms with Gasteiger partial charge in [-0.25, -0.2) is 0 Å². The van der Waals surface area contributed by atoms with Gasteiger partial charge in [-0.3, -0.25) is 28.8 Å². The Morgan fingerprint density at radius 3 is 2.26 bits per heavy atom. The largest absolute Gasteiger partial charge is 0.472 e. The van der Waals surface area contributed by atoms with Gasteiger partial charge in [-0.05, 0) is 111 Å². The number of carbonyl (C=O) groups excluding carboxylic acids is 6. The van der Waals surface area contributed by atoms with Crippen molar-refractivity contribution in [2.75, 3.05) is 75.9 Å². The van der Waals surface area contributed by atoms with Crippen molar-refractivity contribution in [3.8, 4) is 11.6 Å². The highest BCUT2D eigenvalue weighted by Crippen LogP contribution is 2.37. The summed E-state index contributed by atoms with van der Waals surface area (Å²) in [5.74, 6) is -1.08. The number of nitrogens with one attached hydrogen (secondary N) is 3. The monoisotopic (exact) mass is 1030 g/mol. The van der Waals surface area contributed by atoms with Gasteiger partial charge in [0.1, 0.15) is 35.8 Å². The Balaban J connectivity index is 1.25. The summed E-state index contributed by atoms with van der Waals surface area (Å²) in [5.41, 5.74) is 0.405. The molecule has 4 heterocycles. The van der Waals surface area contributed by atoms with Gasteiger partial charge in [0, 0.05) is 67.7 Å². The van der Waals surface area contributed by atoms with E-state index in [9.17, 15) is 28.8 Å². The number of ether oxygens (including phenoxy) is 5. The molecular formula is C53H78N8O11S. The van der Waals surface area contributed by atoms with E-state index < -0.39 is 40.7 Å². The number of hydrogen-bond acceptors (Lipinski definition) is 16. The van der Waals surface area contributed by atoms with Crippen LogP contribution in [0.3, 0.4) is 0 Å². The lowest BCUT2D eigenvalue weighted by molar-refractivity contribution is -0.182. The number of amides is 3. The quantitative estimate of drug-likeness (QED) is 0.0399. The molecule has 1 aromatic carbocycles. The SMILES string of the molecule is CCN(CC)CCNC(=O)c1c(C)[nH]c(/C=C2\C(=O)Nc3ccc(OC(=O)CCC(=O)C(C)(CC)OC(C)C(=O)C(CC)(CC)O[C@H](COc4nsnc4N4CCOCC4)CN(C(C)=O)C(C)(C)C)cc32)c1C. The summed E-state index contributed by atoms with van der Waals surface area (Å²) in [6.07, 6.45) is -0.00761. The average molecular weight is 1040 g/mol. The standard InChI is InChI=1S/C53H78N8O11S/c1-14-52(13,71-35(8)46(65)53(15-2,16-3)72-38(31-61(36(9)62)51(10,11)12)32-69-50-47(57-73-58-50)60-25-27-68-28-26-60)43(63)21-22-44(64)70-37-19-20-41-39(29-37)40(48(66)56-41)30-42-33(6)45(34(7)55-42)49(67)54-23-24-59(17-4)18-5/h19-20,29-30,35,38,55H,14-18,21-28,31-32H2,1-13H3,(H,54,67)(H,56,66)/b40-30-/t35?,38-,52?/m0/s1. The fourth-order valence-corrected chi connectivity index (χ4v) is 9.83. The number of H-pyrrole nitrogens is 1. The zero-order valence-electron chi connectivity index (χ0n) is 45.2. The fourth-order valence-electron chi connectivity index (χ4n) is 9.31. The molecule has 0 saturated carbocycles. The summed E-state index contributed by atoms with van der Waals surface area (Å²) in [6, 6.07) is 4.79. The first-order valence-electron chi connectivity index (χ1n) is 25.6. The highest BCUT2D eigenvalue weighted by atomic mass is 32.1. The first kappa shape index (κ1) is 58.4. The van der Waals surface area contributed by atoms with Crippen LogP contribution in [0.25, 0.3) is 11.6 Å². The molecular weight excluding hydrogens is 957 g/mol. The molecule has 1 saturated heterocycles. The van der Waals surface area contributed by atoms with E-state index >= 15 is 0 Å². The minimum atomic E-state index is -1.45. The zero-order chi connectivity index (χ0) is 53.8. The number of aromatic amines is 1. The van der Waals surface area contributed by atoms with Gasteiger partial charge in [0.05, 0.1) is 49.0 Å². The van der Waals surface area contributed by atoms with Gasteiger partial charge in [-0.1, -0.05) is 34.6 Å². The summed E-state index contributed by atoms with van der Waals surface area (Å²) in [4.78, 5) is 90.7. The second kappa shape index (κ2) is 25.6. The Morgan fingerprint density at radius 2 is 1.64 bits per heavy atom. The van der Waals surface area contributed by atoms with Crippen LogP contribution in [0.5, 0.6) is 11.6 Å². The van der Waals surface area contributed by atoms with E-state index in [2.05, 4.69) is 43.1 Å². The molecule has 3 aromatic rings. The summed E-state index contributed by atoms with van der Waals surface area (Å²) < 4.78 is 39.6. The van der Waals surface area contributed by atoms with Crippen LogP contribution >= 0.6 is 11.7 Å². The van der Waals surface area contributed by atoms with Gasteiger partial charge in [-0.15, -0.1) is 4.37 Å². The number of fused-ring (bicyclic) bond motifs is 1. The van der Waals surface area contributed by atoms with E-state index in [4.69, 9.17) is 23.7 Å². The summed E-state index contributed by atoms with van der Waals surface area (Å²) in [6.45, 7) is 29.2. The maximum Gasteiger partial charge on any atom is 0.311 e. The molecule has 0 spiro atoms. The predicted molar refractivity (Wildman–Crippen MR) is 281 cm³/mol. The maximum atomic E-state index is 14.7. The number of aryl methyl sites for hydroxylation is 1. The van der Waals surface area contributed by atoms with E-state index in [0.717, 1.165) is 31.4 Å². The molecule has 2 unspecified atom stereocenters. The molecule has 20 heteroatoms. The van der Waals surface area contributed by atoms with Gasteiger partial charge in [-0.2, -0.15) is 4.37 Å². The minimum Gasteiger partial charge on any atom is -0.472 e. The van der Waals surface area contributed by atoms with Crippen LogP contribution < -0.4 is 25.0 Å². The molecule has 73 heavy (non-hydrogen) atoms. The number of likely N-dealkylation sites (N-methyl/N-ethyl adjacent to an activating group) is 1. The molecule has 0 aliphatic carbocycles. The number of nitrogens with zero attached hydrogens (tertiary/aromatic N) is 5. The number of Topliss-reactive ketones (excluding diaryl/α,β-unsaturated/α-hetero) is 2. The lowest BCUT2D eigenvalue weighted by Gasteiger charge is -2.41. The van der Waals surface area contributed by atoms with Crippen LogP contribution in [0, 0.1) is 13.8 Å². The number of benzene rings is 1. The van der Waals surface area contributed by atoms with Crippen molar-refractivity contribution >= 4 is 70.1 Å². The van der Waals surface area contributed by atoms with Crippen molar-refractivity contribution in [3.05, 3.63) is 46.3 Å². The van der Waals surface area contributed by atoms with Crippen molar-refractivity contribution < 1.29 is 52.5 Å². The highest BCUT2D eigenvalue weighted by molar-refractivity contribution is 6.99. The number of esters is 1. The maximum absolute atomic E-state index is 14.7. The molecule has 2 aliphatic heterocycles. The summed E-state index contributed by atoms with van der Waals surface area (Å²) in [5, 5.41) is 5.85. The van der Waals surface area contributed by atoms with Gasteiger partial charge < -0.3 is 54.0 Å². The van der Waals surface area contributed by atoms with Crippen LogP contribution in [0.1, 0.15) is 141 Å². The number of carbonyl (C=O) groups is 6. The van der Waals surface area contributed by atoms with Crippen LogP contribution in [0.2, 0.25) is 0 Å². The molecule has 3 N–H and O–H groups in total. The molecule has 5 rings (SSSR count). The number of morpholine rings is 1. The van der Waals surface area contributed by atoms with Gasteiger partial charge in [0.2, 0.25) is 11.7 Å². The van der Waals surface area contributed by atoms with E-state index in [1.54, 1.807) is 49.9 Å². The van der Waals surface area contributed by atoms with Gasteiger partial charge in [0.25, 0.3) is 17.7 Å². The number of aromatic nitrogens is 3. The molecule has 1 fully saturated rings. The smallest absolute Gasteiger partial charge is 0.311 e. The molecule has 2 aliphatic rings. The van der Waals surface area contributed by atoms with Crippen LogP contribution in [0.15, 0.2) is 18.2 Å². The Bertz CT molecular complexity index is 2470. The van der Waals surface area contributed by atoms with Crippen LogP contribution in [0.4, 0.5) is 11.5 Å². The normalized spacial score (nSPS) is 16.2. The Labute approximate surface area is 434 Å². The number of ketones is 2. The molecule has 402 valence electrons. The lowest BCUT2D eigenvalue weighted by Crippen LogP contribution is -2.55. The minimum absolute atomic E-state index is 0.0423. The van der Waals surface area contributed by atoms with E-state index in [-0.39, 0.29) is 74.5 Å². The van der Waals surface area contributed by atoms with E-state index in [1.807, 2.05) is 53.4 Å². The van der Waals surface area contributed by atoms with Gasteiger partial charge >= 0.3 is 5.97 Å². The molecule has 2 aromatic heterocycles. The number of rotatable bonds is 27. The first-order chi connectivity index (χ1) is 34.5. The molecule has 3 amide bonds. The Kier molecular flexibility index (Phi) is 20.5. The second-order valence-electron chi connectivity index (χ2n) is 19.8. The van der Waals surface area contributed by atoms with Crippen molar-refractivity contribution in [2.24, 2.45) is 0 Å². The topological polar surface area (TPSA) is 224 Å². The third-order valence-electron chi connectivity index (χ3n) is 14.0. The number of anilines is 2. The van der Waals surface area contributed by atoms with Crippen molar-refractivity contribution in [1.29, 1.82) is 0 Å². The van der Waals surface area contributed by atoms with E-state index in [0.29, 0.717) is 83.9 Å². The number of hydrogen-bond donors (Lipinski definition) is 3. The first-order valence-corrected chi connectivity index (χ1v) is 26.3. The third kappa shape index (κ3) is 14.4. The van der Waals surface area contributed by atoms with E-state index in [1.165, 1.54) is 6.92 Å². The van der Waals surface area contributed by atoms with Crippen LogP contribution in [-0.4, -0.2) is 153 Å². The summed E-state index contributed by atoms with van der Waals surface area (Å²) >= 11 is 1.03. The molecule has 0 bridgehead atoms. The lowest BCUT2D eigenvalue weighted by atomic mass is 9.87. The molecule has 19 nitrogen and oxygen atoms in total. The van der Waals surface area contributed by atoms with Crippen LogP contribution in [-0.2, 0) is 38.2 Å². The fraction of sp³-hybridized carbons (Fsp3) is 0.623. The average Bonchev–Trinajstić information content (AvgIpc) is 4.04. The molecule has 3 atom stereocenters. The van der Waals surface area contributed by atoms with Crippen molar-refractivity contribution in [1.82, 2.24) is 28.8 Å². The predicted octanol–water partition coefficient (Wildman–Crippen LogP) is 6.95. The highest BCUT2D eigenvalue weighted by Gasteiger charge is 2.45. The van der Waals surface area contributed by atoms with Gasteiger partial charge in [0.15, 0.2) is 11.6 Å². The Hall–Kier alpha value is -5.54. The zero-order valence-corrected chi connectivity index (χ0v) is 46.0. The van der Waals surface area contributed by atoms with Crippen molar-refractivity contribution in [2.45, 2.75) is 151 Å². The molecule has 0 radical (unpaired) electrons. The second-order valence-corrected chi connectivity index (χ2v) is 20.3. The third-order valence-corrected chi connectivity index (χ3v) is 14.5. The summed E-state index contributed by atoms with van der Waals surface area (Å²) in [7, 11) is 0. The Morgan fingerprint density at radius 1 is 0.959 bits per heavy atom. The van der Waals surface area contributed by atoms with Crippen molar-refractivity contribution in [3.63, 3.8) is 0 Å².